The molecule has 0 radical (unpaired) electrons. The molecule has 0 aliphatic heterocycles. The SMILES string of the molecule is Cc1ccc(Cn2c([C@@H]3CCCC[C@@H]3C(=O)O)nc3ccc(OCc4ccc(C)cn4)cc32)cc1. The minimum absolute atomic E-state index is 0.0970. The molecule has 6 nitrogen and oxygen atoms in total. The van der Waals surface area contributed by atoms with Gasteiger partial charge in [-0.05, 0) is 56.0 Å². The maximum absolute atomic E-state index is 12.1. The summed E-state index contributed by atoms with van der Waals surface area (Å²) in [6, 6.07) is 18.4. The molecule has 0 unspecified atom stereocenters. The van der Waals surface area contributed by atoms with Gasteiger partial charge < -0.3 is 14.4 Å². The summed E-state index contributed by atoms with van der Waals surface area (Å²) in [4.78, 5) is 21.5. The second-order valence-electron chi connectivity index (χ2n) is 9.64. The second kappa shape index (κ2) is 9.90. The Labute approximate surface area is 205 Å². The fourth-order valence-electron chi connectivity index (χ4n) is 5.01. The van der Waals surface area contributed by atoms with Crippen molar-refractivity contribution < 1.29 is 14.6 Å². The molecule has 0 spiro atoms. The quantitative estimate of drug-likeness (QED) is 0.357. The number of hydrogen-bond donors (Lipinski definition) is 1. The van der Waals surface area contributed by atoms with E-state index in [0.29, 0.717) is 19.6 Å². The predicted octanol–water partition coefficient (Wildman–Crippen LogP) is 6.03. The second-order valence-corrected chi connectivity index (χ2v) is 9.64. The maximum Gasteiger partial charge on any atom is 0.307 e. The highest BCUT2D eigenvalue weighted by atomic mass is 16.5. The molecule has 1 aliphatic rings. The van der Waals surface area contributed by atoms with E-state index in [-0.39, 0.29) is 5.92 Å². The molecular weight excluding hydrogens is 438 g/mol. The first-order valence-electron chi connectivity index (χ1n) is 12.3. The summed E-state index contributed by atoms with van der Waals surface area (Å²) in [5.41, 5.74) is 6.19. The van der Waals surface area contributed by atoms with E-state index in [1.807, 2.05) is 43.5 Å². The van der Waals surface area contributed by atoms with Gasteiger partial charge in [0.25, 0.3) is 0 Å². The van der Waals surface area contributed by atoms with Gasteiger partial charge in [0.05, 0.1) is 22.6 Å². The Morgan fingerprint density at radius 3 is 2.54 bits per heavy atom. The summed E-state index contributed by atoms with van der Waals surface area (Å²) in [6.45, 7) is 5.11. The topological polar surface area (TPSA) is 77.2 Å². The van der Waals surface area contributed by atoms with Gasteiger partial charge in [-0.2, -0.15) is 0 Å². The molecule has 180 valence electrons. The lowest BCUT2D eigenvalue weighted by Crippen LogP contribution is -2.27. The van der Waals surface area contributed by atoms with Crippen molar-refractivity contribution in [2.45, 2.75) is 58.6 Å². The largest absolute Gasteiger partial charge is 0.487 e. The van der Waals surface area contributed by atoms with Crippen LogP contribution in [-0.2, 0) is 17.9 Å². The molecule has 1 aliphatic carbocycles. The molecule has 2 aromatic carbocycles. The van der Waals surface area contributed by atoms with Gasteiger partial charge in [-0.1, -0.05) is 48.7 Å². The van der Waals surface area contributed by atoms with Gasteiger partial charge >= 0.3 is 5.97 Å². The van der Waals surface area contributed by atoms with Crippen molar-refractivity contribution in [1.29, 1.82) is 0 Å². The number of nitrogens with zero attached hydrogens (tertiary/aromatic N) is 3. The van der Waals surface area contributed by atoms with Crippen LogP contribution in [0.1, 0.15) is 59.8 Å². The molecule has 2 aromatic heterocycles. The molecule has 0 saturated heterocycles. The summed E-state index contributed by atoms with van der Waals surface area (Å²) in [5.74, 6) is 0.388. The van der Waals surface area contributed by atoms with Crippen molar-refractivity contribution in [2.24, 2.45) is 5.92 Å². The molecule has 5 rings (SSSR count). The normalized spacial score (nSPS) is 18.0. The van der Waals surface area contributed by atoms with Gasteiger partial charge in [0.1, 0.15) is 18.2 Å². The molecule has 0 amide bonds. The molecule has 1 fully saturated rings. The Morgan fingerprint density at radius 2 is 1.80 bits per heavy atom. The summed E-state index contributed by atoms with van der Waals surface area (Å²) in [6.07, 6.45) is 5.37. The lowest BCUT2D eigenvalue weighted by Gasteiger charge is -2.28. The fraction of sp³-hybridized carbons (Fsp3) is 0.345. The third-order valence-electron chi connectivity index (χ3n) is 6.98. The monoisotopic (exact) mass is 469 g/mol. The number of ether oxygens (including phenoxy) is 1. The van der Waals surface area contributed by atoms with Crippen molar-refractivity contribution in [3.63, 3.8) is 0 Å². The number of aromatic nitrogens is 3. The Bertz CT molecular complexity index is 1330. The number of aryl methyl sites for hydroxylation is 2. The molecule has 35 heavy (non-hydrogen) atoms. The lowest BCUT2D eigenvalue weighted by molar-refractivity contribution is -0.143. The van der Waals surface area contributed by atoms with E-state index < -0.39 is 11.9 Å². The summed E-state index contributed by atoms with van der Waals surface area (Å²) < 4.78 is 8.27. The number of rotatable bonds is 7. The number of fused-ring (bicyclic) bond motifs is 1. The molecule has 2 heterocycles. The first-order chi connectivity index (χ1) is 17.0. The van der Waals surface area contributed by atoms with Crippen LogP contribution in [0.3, 0.4) is 0 Å². The fourth-order valence-corrected chi connectivity index (χ4v) is 5.01. The zero-order valence-electron chi connectivity index (χ0n) is 20.3. The maximum atomic E-state index is 12.1. The van der Waals surface area contributed by atoms with Crippen LogP contribution < -0.4 is 4.74 Å². The van der Waals surface area contributed by atoms with Crippen molar-refractivity contribution in [1.82, 2.24) is 14.5 Å². The van der Waals surface area contributed by atoms with Crippen LogP contribution in [0.5, 0.6) is 5.75 Å². The average molecular weight is 470 g/mol. The highest BCUT2D eigenvalue weighted by Crippen LogP contribution is 2.39. The van der Waals surface area contributed by atoms with Crippen LogP contribution in [0.15, 0.2) is 60.8 Å². The molecule has 0 bridgehead atoms. The van der Waals surface area contributed by atoms with Crippen LogP contribution in [-0.4, -0.2) is 25.6 Å². The molecule has 1 N–H and O–H groups in total. The van der Waals surface area contributed by atoms with E-state index in [9.17, 15) is 9.90 Å². The Balaban J connectivity index is 1.52. The average Bonchev–Trinajstić information content (AvgIpc) is 3.22. The van der Waals surface area contributed by atoms with Crippen molar-refractivity contribution in [3.05, 3.63) is 89.0 Å². The molecular formula is C29H31N3O3. The van der Waals surface area contributed by atoms with Crippen LogP contribution >= 0.6 is 0 Å². The summed E-state index contributed by atoms with van der Waals surface area (Å²) in [7, 11) is 0. The third-order valence-corrected chi connectivity index (χ3v) is 6.98. The van der Waals surface area contributed by atoms with Crippen LogP contribution in [0.2, 0.25) is 0 Å². The van der Waals surface area contributed by atoms with Gasteiger partial charge in [0, 0.05) is 24.7 Å². The third kappa shape index (κ3) is 5.06. The zero-order chi connectivity index (χ0) is 24.4. The lowest BCUT2D eigenvalue weighted by atomic mass is 9.78. The smallest absolute Gasteiger partial charge is 0.307 e. The minimum Gasteiger partial charge on any atom is -0.487 e. The van der Waals surface area contributed by atoms with Gasteiger partial charge in [-0.3, -0.25) is 9.78 Å². The van der Waals surface area contributed by atoms with Crippen molar-refractivity contribution >= 4 is 17.0 Å². The van der Waals surface area contributed by atoms with Crippen LogP contribution in [0, 0.1) is 19.8 Å². The Kier molecular flexibility index (Phi) is 6.53. The van der Waals surface area contributed by atoms with Gasteiger partial charge in [-0.25, -0.2) is 4.98 Å². The van der Waals surface area contributed by atoms with Gasteiger partial charge in [0.15, 0.2) is 0 Å². The number of imidazole rings is 1. The number of carboxylic acid groups (broad SMARTS) is 1. The van der Waals surface area contributed by atoms with E-state index in [0.717, 1.165) is 58.7 Å². The number of aliphatic carboxylic acids is 1. The van der Waals surface area contributed by atoms with Crippen molar-refractivity contribution in [2.75, 3.05) is 0 Å². The summed E-state index contributed by atoms with van der Waals surface area (Å²) in [5, 5.41) is 9.93. The van der Waals surface area contributed by atoms with E-state index in [1.54, 1.807) is 0 Å². The first-order valence-corrected chi connectivity index (χ1v) is 12.3. The number of hydrogen-bond acceptors (Lipinski definition) is 4. The molecule has 2 atom stereocenters. The van der Waals surface area contributed by atoms with Gasteiger partial charge in [0.2, 0.25) is 0 Å². The highest BCUT2D eigenvalue weighted by molar-refractivity contribution is 5.79. The van der Waals surface area contributed by atoms with E-state index >= 15 is 0 Å². The number of carboxylic acids is 1. The van der Waals surface area contributed by atoms with E-state index in [2.05, 4.69) is 40.7 Å². The zero-order valence-corrected chi connectivity index (χ0v) is 20.3. The van der Waals surface area contributed by atoms with Crippen LogP contribution in [0.25, 0.3) is 11.0 Å². The van der Waals surface area contributed by atoms with Gasteiger partial charge in [-0.15, -0.1) is 0 Å². The molecule has 6 heteroatoms. The van der Waals surface area contributed by atoms with E-state index in [1.165, 1.54) is 5.56 Å². The number of benzene rings is 2. The summed E-state index contributed by atoms with van der Waals surface area (Å²) >= 11 is 0. The van der Waals surface area contributed by atoms with E-state index in [4.69, 9.17) is 9.72 Å². The minimum atomic E-state index is -0.724. The number of carbonyl (C=O) groups is 1. The Morgan fingerprint density at radius 1 is 1.03 bits per heavy atom. The van der Waals surface area contributed by atoms with Crippen LogP contribution in [0.4, 0.5) is 0 Å². The number of pyridine rings is 1. The molecule has 4 aromatic rings. The van der Waals surface area contributed by atoms with Crippen molar-refractivity contribution in [3.8, 4) is 5.75 Å². The standard InChI is InChI=1S/C29H31N3O3/c1-19-7-10-21(11-8-19)17-32-27-15-23(35-18-22-12-9-20(2)16-30-22)13-14-26(27)31-28(32)24-5-3-4-6-25(24)29(33)34/h7-16,24-25H,3-6,17-18H2,1-2H3,(H,33,34)/t24-,25+/m1/s1. The Hall–Kier alpha value is -3.67. The highest BCUT2D eigenvalue weighted by Gasteiger charge is 2.35. The first kappa shape index (κ1) is 23.1. The molecule has 1 saturated carbocycles. The predicted molar refractivity (Wildman–Crippen MR) is 136 cm³/mol.